The normalized spacial score (nSPS) is 15.3. The molecule has 0 spiro atoms. The molecule has 1 N–H and O–H groups in total. The van der Waals surface area contributed by atoms with Gasteiger partial charge in [0.05, 0.1) is 0 Å². The number of ether oxygens (including phenoxy) is 1. The molecule has 0 aliphatic heterocycles. The van der Waals surface area contributed by atoms with Crippen LogP contribution in [-0.2, 0) is 16.1 Å². The number of hydrogen-bond acceptors (Lipinski definition) is 3. The molecule has 5 nitrogen and oxygen atoms in total. The van der Waals surface area contributed by atoms with Crippen molar-refractivity contribution in [2.75, 3.05) is 6.61 Å². The van der Waals surface area contributed by atoms with Gasteiger partial charge < -0.3 is 15.0 Å². The molecular formula is C24H29ClN2O3. The highest BCUT2D eigenvalue weighted by atomic mass is 35.5. The molecule has 0 saturated heterocycles. The zero-order valence-corrected chi connectivity index (χ0v) is 18.1. The fourth-order valence-corrected chi connectivity index (χ4v) is 3.81. The van der Waals surface area contributed by atoms with Gasteiger partial charge in [0.15, 0.2) is 6.61 Å². The molecule has 1 aliphatic rings. The predicted molar refractivity (Wildman–Crippen MR) is 118 cm³/mol. The average molecular weight is 429 g/mol. The Bertz CT molecular complexity index is 820. The third kappa shape index (κ3) is 6.49. The van der Waals surface area contributed by atoms with Gasteiger partial charge in [-0.15, -0.1) is 0 Å². The van der Waals surface area contributed by atoms with Gasteiger partial charge >= 0.3 is 0 Å². The summed E-state index contributed by atoms with van der Waals surface area (Å²) in [7, 11) is 0. The van der Waals surface area contributed by atoms with Gasteiger partial charge in [0, 0.05) is 17.6 Å². The monoisotopic (exact) mass is 428 g/mol. The highest BCUT2D eigenvalue weighted by Crippen LogP contribution is 2.19. The van der Waals surface area contributed by atoms with Crippen LogP contribution in [0.2, 0.25) is 5.02 Å². The topological polar surface area (TPSA) is 58.6 Å². The van der Waals surface area contributed by atoms with E-state index in [0.29, 0.717) is 17.3 Å². The molecule has 160 valence electrons. The van der Waals surface area contributed by atoms with Crippen LogP contribution in [0, 0.1) is 0 Å². The molecule has 0 heterocycles. The summed E-state index contributed by atoms with van der Waals surface area (Å²) in [5.41, 5.74) is 0.907. The van der Waals surface area contributed by atoms with Gasteiger partial charge in [0.1, 0.15) is 11.8 Å². The number of nitrogens with zero attached hydrogens (tertiary/aromatic N) is 1. The maximum atomic E-state index is 13.0. The number of nitrogens with one attached hydrogen (secondary N) is 1. The second kappa shape index (κ2) is 11.0. The summed E-state index contributed by atoms with van der Waals surface area (Å²) in [6.07, 6.45) is 5.50. The van der Waals surface area contributed by atoms with Crippen molar-refractivity contribution in [2.24, 2.45) is 0 Å². The van der Waals surface area contributed by atoms with Crippen molar-refractivity contribution in [3.63, 3.8) is 0 Å². The Kier molecular flexibility index (Phi) is 8.14. The van der Waals surface area contributed by atoms with Crippen molar-refractivity contribution in [3.05, 3.63) is 65.2 Å². The molecule has 0 aromatic heterocycles. The van der Waals surface area contributed by atoms with Gasteiger partial charge in [-0.05, 0) is 49.6 Å². The van der Waals surface area contributed by atoms with E-state index < -0.39 is 6.04 Å². The first-order valence-corrected chi connectivity index (χ1v) is 10.9. The SMILES string of the molecule is C[C@H](C(=O)NC1CCCCC1)N(Cc1ccc(Cl)cc1)C(=O)COc1ccccc1. The number of para-hydroxylation sites is 1. The summed E-state index contributed by atoms with van der Waals surface area (Å²) in [5, 5.41) is 3.76. The highest BCUT2D eigenvalue weighted by Gasteiger charge is 2.28. The highest BCUT2D eigenvalue weighted by molar-refractivity contribution is 6.30. The summed E-state index contributed by atoms with van der Waals surface area (Å²) >= 11 is 5.99. The molecule has 0 bridgehead atoms. The first-order chi connectivity index (χ1) is 14.5. The number of carbonyl (C=O) groups is 2. The van der Waals surface area contributed by atoms with Gasteiger partial charge in [-0.3, -0.25) is 9.59 Å². The molecule has 30 heavy (non-hydrogen) atoms. The van der Waals surface area contributed by atoms with Gasteiger partial charge in [0.25, 0.3) is 5.91 Å². The van der Waals surface area contributed by atoms with Crippen LogP contribution in [0.15, 0.2) is 54.6 Å². The van der Waals surface area contributed by atoms with Gasteiger partial charge in [-0.2, -0.15) is 0 Å². The van der Waals surface area contributed by atoms with Crippen LogP contribution in [0.25, 0.3) is 0 Å². The second-order valence-electron chi connectivity index (χ2n) is 7.77. The molecule has 1 aliphatic carbocycles. The molecule has 6 heteroatoms. The van der Waals surface area contributed by atoms with E-state index in [4.69, 9.17) is 16.3 Å². The maximum absolute atomic E-state index is 13.0. The van der Waals surface area contributed by atoms with Crippen LogP contribution in [0.1, 0.15) is 44.6 Å². The van der Waals surface area contributed by atoms with E-state index in [9.17, 15) is 9.59 Å². The minimum absolute atomic E-state index is 0.121. The van der Waals surface area contributed by atoms with E-state index in [1.54, 1.807) is 36.1 Å². The predicted octanol–water partition coefficient (Wildman–Crippen LogP) is 4.59. The van der Waals surface area contributed by atoms with Crippen LogP contribution in [0.5, 0.6) is 5.75 Å². The van der Waals surface area contributed by atoms with E-state index in [1.165, 1.54) is 6.42 Å². The number of carbonyl (C=O) groups excluding carboxylic acids is 2. The zero-order valence-electron chi connectivity index (χ0n) is 17.4. The van der Waals surface area contributed by atoms with Crippen molar-refractivity contribution in [1.82, 2.24) is 10.2 Å². The van der Waals surface area contributed by atoms with Crippen LogP contribution < -0.4 is 10.1 Å². The first-order valence-electron chi connectivity index (χ1n) is 10.5. The smallest absolute Gasteiger partial charge is 0.261 e. The van der Waals surface area contributed by atoms with Crippen LogP contribution in [0.3, 0.4) is 0 Å². The lowest BCUT2D eigenvalue weighted by Crippen LogP contribution is -2.51. The lowest BCUT2D eigenvalue weighted by Gasteiger charge is -2.31. The van der Waals surface area contributed by atoms with Crippen molar-refractivity contribution in [1.29, 1.82) is 0 Å². The van der Waals surface area contributed by atoms with Crippen LogP contribution in [-0.4, -0.2) is 35.4 Å². The summed E-state index contributed by atoms with van der Waals surface area (Å²) in [6, 6.07) is 16.1. The number of benzene rings is 2. The number of amides is 2. The Hall–Kier alpha value is -2.53. The molecule has 1 fully saturated rings. The first kappa shape index (κ1) is 22.2. The third-order valence-corrected chi connectivity index (χ3v) is 5.74. The van der Waals surface area contributed by atoms with E-state index in [2.05, 4.69) is 5.32 Å². The van der Waals surface area contributed by atoms with E-state index in [-0.39, 0.29) is 24.5 Å². The second-order valence-corrected chi connectivity index (χ2v) is 8.21. The zero-order chi connectivity index (χ0) is 21.3. The Morgan fingerprint density at radius 1 is 1.07 bits per heavy atom. The van der Waals surface area contributed by atoms with E-state index in [0.717, 1.165) is 31.2 Å². The Morgan fingerprint density at radius 3 is 2.40 bits per heavy atom. The molecule has 1 atom stereocenters. The minimum atomic E-state index is -0.602. The van der Waals surface area contributed by atoms with Crippen LogP contribution in [0.4, 0.5) is 0 Å². The van der Waals surface area contributed by atoms with Gasteiger partial charge in [0.2, 0.25) is 5.91 Å². The molecule has 1 saturated carbocycles. The lowest BCUT2D eigenvalue weighted by atomic mass is 9.95. The van der Waals surface area contributed by atoms with Gasteiger partial charge in [-0.25, -0.2) is 0 Å². The molecule has 0 unspecified atom stereocenters. The largest absolute Gasteiger partial charge is 0.484 e. The Balaban J connectivity index is 1.68. The maximum Gasteiger partial charge on any atom is 0.261 e. The standard InChI is InChI=1S/C24H29ClN2O3/c1-18(24(29)26-21-8-4-2-5-9-21)27(16-19-12-14-20(25)15-13-19)23(28)17-30-22-10-6-3-7-11-22/h3,6-7,10-15,18,21H,2,4-5,8-9,16-17H2,1H3,(H,26,29)/t18-/m1/s1. The molecule has 2 aromatic carbocycles. The average Bonchev–Trinajstić information content (AvgIpc) is 2.78. The lowest BCUT2D eigenvalue weighted by molar-refractivity contribution is -0.142. The molecule has 2 aromatic rings. The molecule has 2 amide bonds. The number of hydrogen-bond donors (Lipinski definition) is 1. The van der Waals surface area contributed by atoms with E-state index in [1.807, 2.05) is 30.3 Å². The fraction of sp³-hybridized carbons (Fsp3) is 0.417. The van der Waals surface area contributed by atoms with Crippen LogP contribution >= 0.6 is 11.6 Å². The molecular weight excluding hydrogens is 400 g/mol. The summed E-state index contributed by atoms with van der Waals surface area (Å²) < 4.78 is 5.64. The quantitative estimate of drug-likeness (QED) is 0.669. The van der Waals surface area contributed by atoms with Gasteiger partial charge in [-0.1, -0.05) is 61.2 Å². The molecule has 0 radical (unpaired) electrons. The minimum Gasteiger partial charge on any atom is -0.484 e. The molecule has 3 rings (SSSR count). The summed E-state index contributed by atoms with van der Waals surface area (Å²) in [6.45, 7) is 1.96. The Morgan fingerprint density at radius 2 is 1.73 bits per heavy atom. The van der Waals surface area contributed by atoms with Crippen molar-refractivity contribution in [2.45, 2.75) is 57.7 Å². The third-order valence-electron chi connectivity index (χ3n) is 5.49. The van der Waals surface area contributed by atoms with Crippen molar-refractivity contribution in [3.8, 4) is 5.75 Å². The van der Waals surface area contributed by atoms with Crippen molar-refractivity contribution < 1.29 is 14.3 Å². The number of rotatable bonds is 8. The Labute approximate surface area is 183 Å². The fourth-order valence-electron chi connectivity index (χ4n) is 3.68. The van der Waals surface area contributed by atoms with E-state index >= 15 is 0 Å². The number of halogens is 1. The summed E-state index contributed by atoms with van der Waals surface area (Å²) in [4.78, 5) is 27.5. The van der Waals surface area contributed by atoms with Crippen molar-refractivity contribution >= 4 is 23.4 Å². The summed E-state index contributed by atoms with van der Waals surface area (Å²) in [5.74, 6) is 0.264.